The summed E-state index contributed by atoms with van der Waals surface area (Å²) in [7, 11) is -3.99. The lowest BCUT2D eigenvalue weighted by Gasteiger charge is -2.17. The minimum Gasteiger partial charge on any atom is -0.303 e. The number of nitrogens with zero attached hydrogens (tertiary/aromatic N) is 2. The largest absolute Gasteiger partial charge is 0.303 e. The van der Waals surface area contributed by atoms with E-state index in [0.29, 0.717) is 0 Å². The van der Waals surface area contributed by atoms with Gasteiger partial charge in [-0.15, -0.1) is 0 Å². The molecule has 1 aliphatic rings. The summed E-state index contributed by atoms with van der Waals surface area (Å²) in [4.78, 5) is 22.8. The number of primary sulfonamides is 1. The van der Waals surface area contributed by atoms with Crippen molar-refractivity contribution in [3.05, 3.63) is 32.5 Å². The normalized spacial score (nSPS) is 19.1. The lowest BCUT2D eigenvalue weighted by molar-refractivity contribution is -0.384. The minimum atomic E-state index is -3.99. The number of anilines is 1. The molecule has 0 radical (unpaired) electrons. The average Bonchev–Trinajstić information content (AvgIpc) is 2.70. The zero-order valence-corrected chi connectivity index (χ0v) is 12.7. The Morgan fingerprint density at radius 3 is 2.57 bits per heavy atom. The van der Waals surface area contributed by atoms with Crippen LogP contribution in [0.5, 0.6) is 0 Å². The van der Waals surface area contributed by atoms with Crippen molar-refractivity contribution >= 4 is 43.2 Å². The van der Waals surface area contributed by atoms with Crippen molar-refractivity contribution < 1.29 is 22.5 Å². The van der Waals surface area contributed by atoms with Gasteiger partial charge in [-0.2, -0.15) is 0 Å². The molecule has 2 rings (SSSR count). The molecule has 0 aromatic heterocycles. The maximum atomic E-state index is 14.0. The third-order valence-corrected chi connectivity index (χ3v) is 4.73. The fourth-order valence-corrected chi connectivity index (χ4v) is 3.22. The lowest BCUT2D eigenvalue weighted by atomic mass is 10.2. The van der Waals surface area contributed by atoms with Crippen molar-refractivity contribution in [3.63, 3.8) is 0 Å². The zero-order chi connectivity index (χ0) is 15.9. The van der Waals surface area contributed by atoms with Gasteiger partial charge in [0.2, 0.25) is 15.9 Å². The van der Waals surface area contributed by atoms with Crippen LogP contribution in [0.25, 0.3) is 0 Å². The Morgan fingerprint density at radius 2 is 2.10 bits per heavy atom. The van der Waals surface area contributed by atoms with Gasteiger partial charge in [0.25, 0.3) is 5.69 Å². The smallest absolute Gasteiger partial charge is 0.297 e. The molecule has 1 heterocycles. The summed E-state index contributed by atoms with van der Waals surface area (Å²) in [6.45, 7) is -0.420. The van der Waals surface area contributed by atoms with Gasteiger partial charge in [0, 0.05) is 23.5 Å². The molecule has 2 N–H and O–H groups in total. The van der Waals surface area contributed by atoms with Gasteiger partial charge in [0.15, 0.2) is 11.5 Å². The number of sulfonamides is 1. The number of nitro groups is 1. The van der Waals surface area contributed by atoms with E-state index < -0.39 is 56.3 Å². The number of amides is 1. The highest BCUT2D eigenvalue weighted by atomic mass is 79.9. The molecule has 0 spiro atoms. The molecular formula is C10H9BrFN3O5S. The fourth-order valence-electron chi connectivity index (χ4n) is 2.07. The Balaban J connectivity index is 2.53. The van der Waals surface area contributed by atoms with Gasteiger partial charge < -0.3 is 4.90 Å². The second kappa shape index (κ2) is 5.31. The van der Waals surface area contributed by atoms with Gasteiger partial charge in [-0.25, -0.2) is 17.9 Å². The van der Waals surface area contributed by atoms with Crippen LogP contribution in [0.1, 0.15) is 6.42 Å². The Hall–Kier alpha value is -1.59. The lowest BCUT2D eigenvalue weighted by Crippen LogP contribution is -2.32. The zero-order valence-electron chi connectivity index (χ0n) is 10.3. The monoisotopic (exact) mass is 381 g/mol. The molecule has 0 bridgehead atoms. The molecule has 1 aliphatic heterocycles. The number of halogens is 2. The van der Waals surface area contributed by atoms with Crippen molar-refractivity contribution in [1.29, 1.82) is 0 Å². The van der Waals surface area contributed by atoms with E-state index in [9.17, 15) is 27.7 Å². The Kier molecular flexibility index (Phi) is 4.00. The number of hydrogen-bond acceptors (Lipinski definition) is 5. The number of benzene rings is 1. The quantitative estimate of drug-likeness (QED) is 0.614. The summed E-state index contributed by atoms with van der Waals surface area (Å²) in [5.74, 6) is -1.74. The summed E-state index contributed by atoms with van der Waals surface area (Å²) < 4.78 is 36.7. The number of nitro benzene ring substituents is 1. The molecule has 1 saturated heterocycles. The fraction of sp³-hybridized carbons (Fsp3) is 0.300. The van der Waals surface area contributed by atoms with E-state index in [1.165, 1.54) is 0 Å². The molecule has 1 fully saturated rings. The van der Waals surface area contributed by atoms with Gasteiger partial charge in [-0.05, 0) is 6.07 Å². The highest BCUT2D eigenvalue weighted by Crippen LogP contribution is 2.37. The second-order valence-corrected chi connectivity index (χ2v) is 7.19. The first-order valence-corrected chi connectivity index (χ1v) is 7.97. The van der Waals surface area contributed by atoms with Gasteiger partial charge in [0.1, 0.15) is 5.25 Å². The predicted molar refractivity (Wildman–Crippen MR) is 74.6 cm³/mol. The summed E-state index contributed by atoms with van der Waals surface area (Å²) in [5, 5.41) is 14.8. The van der Waals surface area contributed by atoms with Crippen LogP contribution in [-0.2, 0) is 14.8 Å². The van der Waals surface area contributed by atoms with Crippen molar-refractivity contribution in [2.45, 2.75) is 11.7 Å². The Morgan fingerprint density at radius 1 is 1.48 bits per heavy atom. The van der Waals surface area contributed by atoms with Crippen molar-refractivity contribution in [2.24, 2.45) is 5.14 Å². The van der Waals surface area contributed by atoms with Gasteiger partial charge >= 0.3 is 0 Å². The van der Waals surface area contributed by atoms with Crippen LogP contribution >= 0.6 is 15.9 Å². The summed E-state index contributed by atoms with van der Waals surface area (Å²) in [5.41, 5.74) is -1.19. The molecule has 0 aliphatic carbocycles. The molecule has 1 aromatic carbocycles. The molecule has 114 valence electrons. The third kappa shape index (κ3) is 3.04. The topological polar surface area (TPSA) is 124 Å². The molecule has 8 nitrogen and oxygen atoms in total. The third-order valence-electron chi connectivity index (χ3n) is 3.03. The van der Waals surface area contributed by atoms with Crippen molar-refractivity contribution in [2.75, 3.05) is 11.4 Å². The van der Waals surface area contributed by atoms with Crippen LogP contribution in [0.15, 0.2) is 16.6 Å². The number of carbonyl (C=O) groups is 1. The molecule has 1 amide bonds. The maximum absolute atomic E-state index is 14.0. The Labute approximate surface area is 127 Å². The molecule has 1 aromatic rings. The standard InChI is InChI=1S/C10H9BrFN3O5S/c11-5-1-7(12)10(8(2-5)15(17)18)14-4-6(3-9(14)16)21(13,19)20/h1-2,6H,3-4H2,(H2,13,19,20). The molecule has 11 heteroatoms. The minimum absolute atomic E-state index is 0.130. The van der Waals surface area contributed by atoms with E-state index in [1.54, 1.807) is 0 Å². The van der Waals surface area contributed by atoms with E-state index in [1.807, 2.05) is 0 Å². The summed E-state index contributed by atoms with van der Waals surface area (Å²) in [6.07, 6.45) is -0.439. The summed E-state index contributed by atoms with van der Waals surface area (Å²) in [6, 6.07) is 2.00. The molecule has 0 saturated carbocycles. The number of nitrogens with two attached hydrogens (primary N) is 1. The van der Waals surface area contributed by atoms with Crippen LogP contribution in [0, 0.1) is 15.9 Å². The average molecular weight is 382 g/mol. The van der Waals surface area contributed by atoms with Crippen LogP contribution in [0.4, 0.5) is 15.8 Å². The van der Waals surface area contributed by atoms with E-state index >= 15 is 0 Å². The first-order valence-electron chi connectivity index (χ1n) is 5.56. The number of carbonyl (C=O) groups excluding carboxylic acids is 1. The predicted octanol–water partition coefficient (Wildman–Crippen LogP) is 0.890. The van der Waals surface area contributed by atoms with Crippen LogP contribution in [0.2, 0.25) is 0 Å². The first-order chi connectivity index (χ1) is 9.61. The SMILES string of the molecule is NS(=O)(=O)C1CC(=O)N(c2c(F)cc(Br)cc2[N+](=O)[O-])C1. The Bertz CT molecular complexity index is 738. The van der Waals surface area contributed by atoms with Gasteiger partial charge in [-0.3, -0.25) is 14.9 Å². The van der Waals surface area contributed by atoms with E-state index in [4.69, 9.17) is 5.14 Å². The van der Waals surface area contributed by atoms with Crippen molar-refractivity contribution in [1.82, 2.24) is 0 Å². The second-order valence-electron chi connectivity index (χ2n) is 4.43. The molecule has 1 unspecified atom stereocenters. The van der Waals surface area contributed by atoms with E-state index in [0.717, 1.165) is 17.0 Å². The van der Waals surface area contributed by atoms with Gasteiger partial charge in [-0.1, -0.05) is 15.9 Å². The first kappa shape index (κ1) is 15.8. The van der Waals surface area contributed by atoms with E-state index in [-0.39, 0.29) is 4.47 Å². The van der Waals surface area contributed by atoms with Crippen LogP contribution in [-0.4, -0.2) is 31.0 Å². The van der Waals surface area contributed by atoms with E-state index in [2.05, 4.69) is 15.9 Å². The molecule has 21 heavy (non-hydrogen) atoms. The molecular weight excluding hydrogens is 373 g/mol. The van der Waals surface area contributed by atoms with Crippen molar-refractivity contribution in [3.8, 4) is 0 Å². The van der Waals surface area contributed by atoms with Crippen LogP contribution < -0.4 is 10.0 Å². The van der Waals surface area contributed by atoms with Gasteiger partial charge in [0.05, 0.1) is 4.92 Å². The summed E-state index contributed by atoms with van der Waals surface area (Å²) >= 11 is 2.92. The van der Waals surface area contributed by atoms with Crippen LogP contribution in [0.3, 0.4) is 0 Å². The maximum Gasteiger partial charge on any atom is 0.297 e. The highest BCUT2D eigenvalue weighted by molar-refractivity contribution is 9.10. The molecule has 1 atom stereocenters. The highest BCUT2D eigenvalue weighted by Gasteiger charge is 2.41. The number of rotatable bonds is 3. The number of hydrogen-bond donors (Lipinski definition) is 1.